The lowest BCUT2D eigenvalue weighted by molar-refractivity contribution is -0.0568. The lowest BCUT2D eigenvalue weighted by Crippen LogP contribution is -2.35. The third kappa shape index (κ3) is 6.50. The first-order valence-corrected chi connectivity index (χ1v) is 24.0. The summed E-state index contributed by atoms with van der Waals surface area (Å²) in [5, 5.41) is 13.1. The van der Waals surface area contributed by atoms with Crippen molar-refractivity contribution in [2.75, 3.05) is 38.0 Å². The molecule has 24 heteroatoms. The van der Waals surface area contributed by atoms with Crippen LogP contribution in [0.25, 0.3) is 22.2 Å². The number of imidazole rings is 1. The molecule has 2 bridgehead atoms. The smallest absolute Gasteiger partial charge is 0.387 e. The van der Waals surface area contributed by atoms with E-state index < -0.39 is 81.5 Å². The van der Waals surface area contributed by atoms with E-state index in [4.69, 9.17) is 33.3 Å². The Kier molecular flexibility index (Phi) is 10.4. The molecule has 4 aliphatic rings. The molecule has 18 nitrogen and oxygen atoms in total. The highest BCUT2D eigenvalue weighted by molar-refractivity contribution is 8.55. The summed E-state index contributed by atoms with van der Waals surface area (Å²) in [6.45, 7) is -8.92. The number of nitrogens with two attached hydrogens (primary N) is 1. The molecule has 8 heterocycles. The third-order valence-electron chi connectivity index (χ3n) is 9.27. The number of halogens is 1. The van der Waals surface area contributed by atoms with Crippen LogP contribution in [-0.4, -0.2) is 113 Å². The molecule has 52 heavy (non-hydrogen) atoms. The van der Waals surface area contributed by atoms with E-state index >= 15 is 4.39 Å². The van der Waals surface area contributed by atoms with E-state index in [1.54, 1.807) is 22.5 Å². The fourth-order valence-electron chi connectivity index (χ4n) is 6.74. The van der Waals surface area contributed by atoms with Gasteiger partial charge in [0.15, 0.2) is 29.8 Å². The normalized spacial score (nSPS) is 35.6. The summed E-state index contributed by atoms with van der Waals surface area (Å²) in [5.74, 6) is 0.889. The van der Waals surface area contributed by atoms with Crippen molar-refractivity contribution in [3.63, 3.8) is 0 Å². The van der Waals surface area contributed by atoms with E-state index in [1.165, 1.54) is 40.6 Å². The molecule has 3 N–H and O–H groups in total. The van der Waals surface area contributed by atoms with Crippen molar-refractivity contribution < 1.29 is 46.2 Å². The maximum atomic E-state index is 16.7. The van der Waals surface area contributed by atoms with Crippen LogP contribution in [0.5, 0.6) is 0 Å². The average Bonchev–Trinajstić information content (AvgIpc) is 3.85. The largest absolute Gasteiger partial charge is 0.389 e. The number of aliphatic hydroxyl groups excluding tert-OH is 1. The van der Waals surface area contributed by atoms with Gasteiger partial charge in [0.05, 0.1) is 24.9 Å². The van der Waals surface area contributed by atoms with Crippen LogP contribution in [0.3, 0.4) is 0 Å². The fourth-order valence-corrected chi connectivity index (χ4v) is 12.1. The molecule has 0 saturated carbocycles. The molecule has 3 saturated heterocycles. The molecule has 3 fully saturated rings. The number of aryl methyl sites for hydroxylation is 1. The van der Waals surface area contributed by atoms with Gasteiger partial charge < -0.3 is 24.9 Å². The number of thioether (sulfide) groups is 1. The Morgan fingerprint density at radius 3 is 2.46 bits per heavy atom. The van der Waals surface area contributed by atoms with Gasteiger partial charge in [-0.25, -0.2) is 33.5 Å². The molecule has 4 aromatic heterocycles. The van der Waals surface area contributed by atoms with Crippen LogP contribution >= 0.6 is 48.1 Å². The summed E-state index contributed by atoms with van der Waals surface area (Å²) >= 11 is 3.08. The van der Waals surface area contributed by atoms with Crippen molar-refractivity contribution in [2.24, 2.45) is 5.73 Å². The molecule has 0 amide bonds. The first kappa shape index (κ1) is 37.0. The minimum absolute atomic E-state index is 0.00688. The van der Waals surface area contributed by atoms with E-state index in [-0.39, 0.29) is 24.3 Å². The van der Waals surface area contributed by atoms with Crippen LogP contribution in [-0.2, 0) is 49.7 Å². The molecular weight excluding hydrogens is 786 g/mol. The molecule has 0 aromatic carbocycles. The van der Waals surface area contributed by atoms with Gasteiger partial charge in [0.25, 0.3) is 5.56 Å². The first-order chi connectivity index (χ1) is 25.1. The van der Waals surface area contributed by atoms with E-state index in [0.717, 1.165) is 57.3 Å². The number of fused-ring (bicyclic) bond motifs is 4. The van der Waals surface area contributed by atoms with Gasteiger partial charge in [-0.2, -0.15) is 0 Å². The maximum absolute atomic E-state index is 16.7. The van der Waals surface area contributed by atoms with Crippen LogP contribution < -0.4 is 11.3 Å². The fraction of sp³-hybridized carbons (Fsp3) is 0.607. The highest BCUT2D eigenvalue weighted by atomic mass is 32.7. The lowest BCUT2D eigenvalue weighted by atomic mass is 10.1. The summed E-state index contributed by atoms with van der Waals surface area (Å²) in [5.41, 5.74) is 6.72. The van der Waals surface area contributed by atoms with Crippen LogP contribution in [0.2, 0.25) is 0 Å². The van der Waals surface area contributed by atoms with E-state index in [0.29, 0.717) is 5.65 Å². The number of aromatic nitrogens is 7. The summed E-state index contributed by atoms with van der Waals surface area (Å²) in [6.07, 6.45) is -0.823. The Hall–Kier alpha value is -1.91. The second-order valence-corrected chi connectivity index (χ2v) is 21.7. The Labute approximate surface area is 307 Å². The quantitative estimate of drug-likeness (QED) is 0.211. The van der Waals surface area contributed by atoms with Gasteiger partial charge in [-0.1, -0.05) is 0 Å². The van der Waals surface area contributed by atoms with Crippen LogP contribution in [0.15, 0.2) is 35.0 Å². The SMILES string of the molecule is CSP1(=O)OC[C@H]2O[C@@H](n3cnc4c(=O)n(CCN)cnc43)[C@H](OP(=O)(SC)OC[C@H]3O[C@@H](n4cc5c6c(ncnc64)SCCC5)[C@H](F)C3O1)C2O. The second-order valence-electron chi connectivity index (χ2n) is 12.3. The zero-order valence-corrected chi connectivity index (χ0v) is 31.9. The van der Waals surface area contributed by atoms with Gasteiger partial charge in [0.2, 0.25) is 0 Å². The van der Waals surface area contributed by atoms with Crippen molar-refractivity contribution in [1.29, 1.82) is 0 Å². The Morgan fingerprint density at radius 1 is 0.981 bits per heavy atom. The van der Waals surface area contributed by atoms with Crippen molar-refractivity contribution in [3.8, 4) is 0 Å². The van der Waals surface area contributed by atoms with Gasteiger partial charge in [0, 0.05) is 19.3 Å². The monoisotopic (exact) mass is 820 g/mol. The van der Waals surface area contributed by atoms with Gasteiger partial charge in [-0.05, 0) is 59.4 Å². The molecule has 4 aromatic rings. The van der Waals surface area contributed by atoms with Crippen molar-refractivity contribution in [1.82, 2.24) is 33.6 Å². The topological polar surface area (TPSA) is 219 Å². The predicted octanol–water partition coefficient (Wildman–Crippen LogP) is 3.29. The highest BCUT2D eigenvalue weighted by Crippen LogP contribution is 2.65. The van der Waals surface area contributed by atoms with Crippen LogP contribution in [0.4, 0.5) is 4.39 Å². The molecule has 10 atom stereocenters. The first-order valence-electron chi connectivity index (χ1n) is 16.3. The van der Waals surface area contributed by atoms with Crippen LogP contribution in [0, 0.1) is 0 Å². The van der Waals surface area contributed by atoms with Gasteiger partial charge >= 0.3 is 13.6 Å². The summed E-state index contributed by atoms with van der Waals surface area (Å²) in [7, 11) is 0. The molecule has 8 rings (SSSR count). The number of hydrogen-bond acceptors (Lipinski definition) is 18. The summed E-state index contributed by atoms with van der Waals surface area (Å²) in [6, 6.07) is 0. The van der Waals surface area contributed by atoms with Gasteiger partial charge in [0.1, 0.15) is 53.8 Å². The zero-order valence-electron chi connectivity index (χ0n) is 27.7. The van der Waals surface area contributed by atoms with E-state index in [9.17, 15) is 19.0 Å². The number of alkyl halides is 1. The zero-order chi connectivity index (χ0) is 36.4. The third-order valence-corrected chi connectivity index (χ3v) is 17.0. The van der Waals surface area contributed by atoms with Crippen molar-refractivity contribution in [2.45, 2.75) is 73.6 Å². The average molecular weight is 821 g/mol. The Bertz CT molecular complexity index is 2140. The molecular formula is C28H35FN8O10P2S3. The predicted molar refractivity (Wildman–Crippen MR) is 190 cm³/mol. The Balaban J connectivity index is 1.13. The number of nitrogens with zero attached hydrogens (tertiary/aromatic N) is 7. The number of aliphatic hydroxyl groups is 1. The van der Waals surface area contributed by atoms with E-state index in [1.807, 2.05) is 0 Å². The minimum atomic E-state index is -4.17. The summed E-state index contributed by atoms with van der Waals surface area (Å²) < 4.78 is 85.4. The molecule has 0 radical (unpaired) electrons. The Morgan fingerprint density at radius 2 is 1.71 bits per heavy atom. The van der Waals surface area contributed by atoms with Gasteiger partial charge in [-0.3, -0.25) is 32.0 Å². The van der Waals surface area contributed by atoms with Crippen molar-refractivity contribution in [3.05, 3.63) is 41.1 Å². The highest BCUT2D eigenvalue weighted by Gasteiger charge is 2.54. The molecule has 4 aliphatic heterocycles. The second kappa shape index (κ2) is 14.6. The molecule has 0 aliphatic carbocycles. The molecule has 0 spiro atoms. The standard InChI is InChI=1S/C28H35FN8O10P2S3/c1-50-48(40)42-9-15-20(38)22(28(44-15)37-13-33-19-24(37)34-12-35(6-5-30)26(19)39)47-49(41,51-2)43-10-16-21(46-48)18(29)27(45-16)36-8-14-4-3-7-52-25-17(14)23(36)31-11-32-25/h8,11-13,15-16,18,20-22,27-28,38H,3-7,9-10,30H2,1-2H3/t15-,16-,18-,20?,21?,22-,27-,28-,48?,49?/m1/s1. The number of rotatable bonds is 6. The van der Waals surface area contributed by atoms with Crippen molar-refractivity contribution >= 4 is 70.3 Å². The van der Waals surface area contributed by atoms with E-state index in [2.05, 4.69) is 19.9 Å². The lowest BCUT2D eigenvalue weighted by Gasteiger charge is -2.27. The molecule has 282 valence electrons. The maximum Gasteiger partial charge on any atom is 0.389 e. The summed E-state index contributed by atoms with van der Waals surface area (Å²) in [4.78, 5) is 30.5. The van der Waals surface area contributed by atoms with Crippen LogP contribution in [0.1, 0.15) is 24.4 Å². The number of hydrogen-bond donors (Lipinski definition) is 2. The number of ether oxygens (including phenoxy) is 2. The molecule has 4 unspecified atom stereocenters. The minimum Gasteiger partial charge on any atom is -0.387 e. The van der Waals surface area contributed by atoms with Gasteiger partial charge in [-0.15, -0.1) is 11.8 Å².